The molecule has 2 N–H and O–H groups in total. The number of carbonyl (C=O) groups excluding carboxylic acids is 3. The Balaban J connectivity index is 1.82. The predicted octanol–water partition coefficient (Wildman–Crippen LogP) is 1.84. The fourth-order valence-corrected chi connectivity index (χ4v) is 2.47. The second-order valence-corrected chi connectivity index (χ2v) is 5.92. The van der Waals surface area contributed by atoms with Gasteiger partial charge < -0.3 is 20.1 Å². The number of cyclic esters (lactones) is 2. The number of anilines is 2. The molecule has 1 fully saturated rings. The highest BCUT2D eigenvalue weighted by Crippen LogP contribution is 2.29. The number of benzene rings is 1. The zero-order valence-corrected chi connectivity index (χ0v) is 13.1. The number of hydrogen-bond acceptors (Lipinski definition) is 6. The molecule has 1 amide bonds. The maximum Gasteiger partial charge on any atom is 0.350 e. The Kier molecular flexibility index (Phi) is 3.75. The Hall–Kier alpha value is -2.90. The highest BCUT2D eigenvalue weighted by Gasteiger charge is 2.39. The highest BCUT2D eigenvalue weighted by atomic mass is 19.1. The van der Waals surface area contributed by atoms with Gasteiger partial charge in [0.05, 0.1) is 5.69 Å². The van der Waals surface area contributed by atoms with E-state index in [-0.39, 0.29) is 23.6 Å². The van der Waals surface area contributed by atoms with Crippen LogP contribution >= 0.6 is 0 Å². The lowest BCUT2D eigenvalue weighted by molar-refractivity contribution is -0.222. The van der Waals surface area contributed by atoms with E-state index in [0.29, 0.717) is 17.7 Å². The van der Waals surface area contributed by atoms with E-state index >= 15 is 0 Å². The second-order valence-electron chi connectivity index (χ2n) is 5.92. The molecule has 0 aromatic heterocycles. The third-order valence-electron chi connectivity index (χ3n) is 3.56. The molecule has 1 aromatic rings. The number of aryl methyl sites for hydroxylation is 1. The number of halogens is 1. The van der Waals surface area contributed by atoms with Gasteiger partial charge in [0.1, 0.15) is 5.82 Å². The summed E-state index contributed by atoms with van der Waals surface area (Å²) >= 11 is 0. The molecule has 1 saturated heterocycles. The molecule has 126 valence electrons. The summed E-state index contributed by atoms with van der Waals surface area (Å²) in [5.41, 5.74) is 0.800. The summed E-state index contributed by atoms with van der Waals surface area (Å²) in [6.45, 7) is 2.89. The van der Waals surface area contributed by atoms with Gasteiger partial charge in [0.2, 0.25) is 5.91 Å². The zero-order chi connectivity index (χ0) is 17.5. The number of carbonyl (C=O) groups is 3. The van der Waals surface area contributed by atoms with Crippen LogP contribution < -0.4 is 10.6 Å². The van der Waals surface area contributed by atoms with Crippen molar-refractivity contribution in [3.8, 4) is 0 Å². The zero-order valence-electron chi connectivity index (χ0n) is 13.1. The van der Waals surface area contributed by atoms with Gasteiger partial charge in [-0.2, -0.15) is 0 Å². The van der Waals surface area contributed by atoms with Gasteiger partial charge in [0.25, 0.3) is 5.79 Å². The SMILES string of the molecule is CC1(C)OC(=O)C(=CNc2cc(F)c3c(c2)CCC(=O)N3)C(=O)O1. The van der Waals surface area contributed by atoms with Gasteiger partial charge in [-0.3, -0.25) is 4.79 Å². The Labute approximate surface area is 136 Å². The minimum Gasteiger partial charge on any atom is -0.419 e. The lowest BCUT2D eigenvalue weighted by Crippen LogP contribution is -2.42. The molecule has 0 saturated carbocycles. The van der Waals surface area contributed by atoms with Crippen molar-refractivity contribution in [1.29, 1.82) is 0 Å². The van der Waals surface area contributed by atoms with E-state index in [9.17, 15) is 18.8 Å². The van der Waals surface area contributed by atoms with Crippen LogP contribution in [0.2, 0.25) is 0 Å². The molecule has 8 heteroatoms. The Morgan fingerprint density at radius 3 is 2.50 bits per heavy atom. The summed E-state index contributed by atoms with van der Waals surface area (Å²) in [4.78, 5) is 35.0. The van der Waals surface area contributed by atoms with E-state index in [4.69, 9.17) is 9.47 Å². The summed E-state index contributed by atoms with van der Waals surface area (Å²) in [5, 5.41) is 5.17. The lowest BCUT2D eigenvalue weighted by atomic mass is 10.0. The Morgan fingerprint density at radius 2 is 1.83 bits per heavy atom. The van der Waals surface area contributed by atoms with Crippen LogP contribution in [0.4, 0.5) is 15.8 Å². The van der Waals surface area contributed by atoms with Gasteiger partial charge in [-0.25, -0.2) is 14.0 Å². The molecule has 0 atom stereocenters. The van der Waals surface area contributed by atoms with E-state index in [0.717, 1.165) is 12.3 Å². The molecule has 0 spiro atoms. The van der Waals surface area contributed by atoms with Crippen molar-refractivity contribution in [2.45, 2.75) is 32.5 Å². The van der Waals surface area contributed by atoms with Crippen LogP contribution in [0, 0.1) is 5.82 Å². The van der Waals surface area contributed by atoms with Crippen LogP contribution in [0.15, 0.2) is 23.9 Å². The maximum atomic E-state index is 14.1. The van der Waals surface area contributed by atoms with Crippen LogP contribution in [0.3, 0.4) is 0 Å². The fraction of sp³-hybridized carbons (Fsp3) is 0.312. The molecule has 2 aliphatic heterocycles. The van der Waals surface area contributed by atoms with Crippen molar-refractivity contribution in [2.24, 2.45) is 0 Å². The Morgan fingerprint density at radius 1 is 1.17 bits per heavy atom. The van der Waals surface area contributed by atoms with Gasteiger partial charge >= 0.3 is 11.9 Å². The summed E-state index contributed by atoms with van der Waals surface area (Å²) in [5.74, 6) is -3.80. The first-order chi connectivity index (χ1) is 11.2. The molecule has 3 rings (SSSR count). The van der Waals surface area contributed by atoms with E-state index < -0.39 is 23.5 Å². The molecule has 2 heterocycles. The van der Waals surface area contributed by atoms with Crippen LogP contribution in [0.1, 0.15) is 25.8 Å². The standard InChI is InChI=1S/C16H15FN2O5/c1-16(2)23-14(21)10(15(22)24-16)7-18-9-5-8-3-4-12(20)19-13(8)11(17)6-9/h5-7,18H,3-4H2,1-2H3,(H,19,20). The van der Waals surface area contributed by atoms with Gasteiger partial charge in [0, 0.05) is 32.2 Å². The number of ether oxygens (including phenoxy) is 2. The number of hydrogen-bond donors (Lipinski definition) is 2. The molecule has 2 aliphatic rings. The van der Waals surface area contributed by atoms with Crippen LogP contribution in [0.25, 0.3) is 0 Å². The van der Waals surface area contributed by atoms with Crippen molar-refractivity contribution in [2.75, 3.05) is 10.6 Å². The van der Waals surface area contributed by atoms with Crippen LogP contribution in [0.5, 0.6) is 0 Å². The highest BCUT2D eigenvalue weighted by molar-refractivity contribution is 6.15. The molecule has 1 aromatic carbocycles. The first-order valence-corrected chi connectivity index (χ1v) is 7.31. The summed E-state index contributed by atoms with van der Waals surface area (Å²) < 4.78 is 24.0. The van der Waals surface area contributed by atoms with E-state index in [2.05, 4.69) is 10.6 Å². The van der Waals surface area contributed by atoms with Crippen molar-refractivity contribution in [3.63, 3.8) is 0 Å². The normalized spacial score (nSPS) is 19.0. The molecule has 0 radical (unpaired) electrons. The number of esters is 2. The average molecular weight is 334 g/mol. The largest absolute Gasteiger partial charge is 0.419 e. The predicted molar refractivity (Wildman–Crippen MR) is 81.3 cm³/mol. The molecular weight excluding hydrogens is 319 g/mol. The van der Waals surface area contributed by atoms with E-state index in [1.165, 1.54) is 13.8 Å². The third-order valence-corrected chi connectivity index (χ3v) is 3.56. The first kappa shape index (κ1) is 16.0. The minimum absolute atomic E-state index is 0.155. The van der Waals surface area contributed by atoms with Crippen molar-refractivity contribution in [1.82, 2.24) is 0 Å². The van der Waals surface area contributed by atoms with Crippen LogP contribution in [-0.2, 0) is 30.3 Å². The molecular formula is C16H15FN2O5. The topological polar surface area (TPSA) is 93.7 Å². The van der Waals surface area contributed by atoms with E-state index in [1.54, 1.807) is 6.07 Å². The monoisotopic (exact) mass is 334 g/mol. The Bertz CT molecular complexity index is 763. The van der Waals surface area contributed by atoms with Gasteiger partial charge in [-0.05, 0) is 24.1 Å². The molecule has 0 bridgehead atoms. The first-order valence-electron chi connectivity index (χ1n) is 7.31. The van der Waals surface area contributed by atoms with Crippen molar-refractivity contribution in [3.05, 3.63) is 35.3 Å². The average Bonchev–Trinajstić information content (AvgIpc) is 2.46. The molecule has 0 aliphatic carbocycles. The number of nitrogens with one attached hydrogen (secondary N) is 2. The second kappa shape index (κ2) is 5.63. The number of amides is 1. The minimum atomic E-state index is -1.32. The van der Waals surface area contributed by atoms with Gasteiger partial charge in [-0.15, -0.1) is 0 Å². The number of rotatable bonds is 2. The quantitative estimate of drug-likeness (QED) is 0.487. The van der Waals surface area contributed by atoms with Crippen LogP contribution in [-0.4, -0.2) is 23.6 Å². The molecule has 0 unspecified atom stereocenters. The fourth-order valence-electron chi connectivity index (χ4n) is 2.47. The smallest absolute Gasteiger partial charge is 0.350 e. The number of fused-ring (bicyclic) bond motifs is 1. The maximum absolute atomic E-state index is 14.1. The summed E-state index contributed by atoms with van der Waals surface area (Å²) in [6.07, 6.45) is 1.79. The van der Waals surface area contributed by atoms with Gasteiger partial charge in [0.15, 0.2) is 5.57 Å². The van der Waals surface area contributed by atoms with E-state index in [1.807, 2.05) is 0 Å². The lowest BCUT2D eigenvalue weighted by Gasteiger charge is -2.29. The molecule has 7 nitrogen and oxygen atoms in total. The summed E-state index contributed by atoms with van der Waals surface area (Å²) in [6, 6.07) is 2.79. The van der Waals surface area contributed by atoms with Crippen molar-refractivity contribution < 1.29 is 28.2 Å². The molecule has 24 heavy (non-hydrogen) atoms. The third kappa shape index (κ3) is 3.08. The summed E-state index contributed by atoms with van der Waals surface area (Å²) in [7, 11) is 0. The van der Waals surface area contributed by atoms with Crippen molar-refractivity contribution >= 4 is 29.2 Å². The van der Waals surface area contributed by atoms with Gasteiger partial charge in [-0.1, -0.05) is 0 Å².